The maximum Gasteiger partial charge on any atom is 0.283 e. The minimum atomic E-state index is -0.729. The van der Waals surface area contributed by atoms with E-state index >= 15 is 0 Å². The summed E-state index contributed by atoms with van der Waals surface area (Å²) in [6.45, 7) is 3.65. The number of nitrogens with zero attached hydrogens (tertiary/aromatic N) is 2. The Labute approximate surface area is 181 Å². The van der Waals surface area contributed by atoms with Gasteiger partial charge in [-0.15, -0.1) is 4.73 Å². The molecular weight excluding hydrogens is 412 g/mol. The normalized spacial score (nSPS) is 13.1. The Morgan fingerprint density at radius 3 is 2.09 bits per heavy atom. The molecule has 9 nitrogen and oxygen atoms in total. The molecule has 3 aromatic rings. The molecule has 2 heterocycles. The second kappa shape index (κ2) is 8.25. The average Bonchev–Trinajstić information content (AvgIpc) is 2.78. The van der Waals surface area contributed by atoms with Crippen LogP contribution >= 0.6 is 0 Å². The first-order valence-electron chi connectivity index (χ1n) is 9.49. The summed E-state index contributed by atoms with van der Waals surface area (Å²) in [4.78, 5) is 36.9. The number of hydrogen-bond donors (Lipinski definition) is 4. The van der Waals surface area contributed by atoms with Gasteiger partial charge >= 0.3 is 0 Å². The van der Waals surface area contributed by atoms with Crippen molar-refractivity contribution in [3.05, 3.63) is 107 Å². The Morgan fingerprint density at radius 1 is 0.844 bits per heavy atom. The molecular formula is C23H18N4O5. The molecule has 0 aliphatic carbocycles. The maximum absolute atomic E-state index is 12.7. The minimum Gasteiger partial charge on any atom is -0.425 e. The molecule has 160 valence electrons. The number of carbonyl (C=O) groups excluding carboxylic acids is 2. The highest BCUT2D eigenvalue weighted by molar-refractivity contribution is 6.13. The summed E-state index contributed by atoms with van der Waals surface area (Å²) in [5, 5.41) is 27.2. The third kappa shape index (κ3) is 3.75. The van der Waals surface area contributed by atoms with Gasteiger partial charge in [-0.1, -0.05) is 43.0 Å². The highest BCUT2D eigenvalue weighted by atomic mass is 16.5. The van der Waals surface area contributed by atoms with Gasteiger partial charge in [0.1, 0.15) is 11.4 Å². The summed E-state index contributed by atoms with van der Waals surface area (Å²) in [7, 11) is 0. The third-order valence-electron chi connectivity index (χ3n) is 4.86. The molecule has 0 fully saturated rings. The standard InChI is InChI=1S/C23H18N4O5/c1-14-6-2-11-19(26(14)31)22(29)24-17-9-3-8-16-15(17)7-4-10-18(16)25-23(30)20-12-5-13-21(28)27(20)32/h2-13,31-32H,1H2,(H,24,29)(H,25,30). The quantitative estimate of drug-likeness (QED) is 0.472. The zero-order valence-electron chi connectivity index (χ0n) is 16.6. The van der Waals surface area contributed by atoms with Gasteiger partial charge in [0.25, 0.3) is 17.4 Å². The van der Waals surface area contributed by atoms with Crippen LogP contribution in [0, 0.1) is 0 Å². The van der Waals surface area contributed by atoms with E-state index in [0.29, 0.717) is 27.2 Å². The zero-order chi connectivity index (χ0) is 22.8. The fourth-order valence-corrected chi connectivity index (χ4v) is 3.27. The Bertz CT molecular complexity index is 1390. The van der Waals surface area contributed by atoms with Crippen LogP contribution in [-0.4, -0.2) is 32.0 Å². The summed E-state index contributed by atoms with van der Waals surface area (Å²) in [5.41, 5.74) is 0.175. The van der Waals surface area contributed by atoms with Crippen molar-refractivity contribution >= 4 is 34.0 Å². The molecule has 4 N–H and O–H groups in total. The summed E-state index contributed by atoms with van der Waals surface area (Å²) in [6, 6.07) is 14.0. The molecule has 0 bridgehead atoms. The molecule has 0 unspecified atom stereocenters. The number of aromatic nitrogens is 1. The van der Waals surface area contributed by atoms with Crippen molar-refractivity contribution in [3.63, 3.8) is 0 Å². The van der Waals surface area contributed by atoms with Crippen LogP contribution < -0.4 is 16.2 Å². The largest absolute Gasteiger partial charge is 0.425 e. The number of rotatable bonds is 4. The summed E-state index contributed by atoms with van der Waals surface area (Å²) in [5.74, 6) is -1.23. The topological polar surface area (TPSA) is 124 Å². The maximum atomic E-state index is 12.7. The van der Waals surface area contributed by atoms with Crippen LogP contribution in [0.3, 0.4) is 0 Å². The van der Waals surface area contributed by atoms with Crippen molar-refractivity contribution in [2.75, 3.05) is 10.6 Å². The van der Waals surface area contributed by atoms with E-state index in [0.717, 1.165) is 6.07 Å². The summed E-state index contributed by atoms with van der Waals surface area (Å²) in [6.07, 6.45) is 4.61. The van der Waals surface area contributed by atoms with Gasteiger partial charge in [-0.25, -0.2) is 5.06 Å². The smallest absolute Gasteiger partial charge is 0.283 e. The van der Waals surface area contributed by atoms with Crippen LogP contribution in [-0.2, 0) is 4.79 Å². The van der Waals surface area contributed by atoms with Gasteiger partial charge in [0.2, 0.25) is 0 Å². The number of benzene rings is 2. The number of amides is 2. The van der Waals surface area contributed by atoms with Crippen LogP contribution in [0.5, 0.6) is 0 Å². The van der Waals surface area contributed by atoms with E-state index in [1.807, 2.05) is 0 Å². The van der Waals surface area contributed by atoms with Crippen molar-refractivity contribution in [3.8, 4) is 0 Å². The fourth-order valence-electron chi connectivity index (χ4n) is 3.27. The molecule has 4 rings (SSSR count). The van der Waals surface area contributed by atoms with Crippen molar-refractivity contribution in [2.45, 2.75) is 0 Å². The van der Waals surface area contributed by atoms with Gasteiger partial charge < -0.3 is 15.8 Å². The minimum absolute atomic E-state index is 0.00366. The monoisotopic (exact) mass is 430 g/mol. The number of anilines is 2. The molecule has 0 atom stereocenters. The number of hydrogen-bond acceptors (Lipinski definition) is 6. The first-order valence-corrected chi connectivity index (χ1v) is 9.49. The lowest BCUT2D eigenvalue weighted by molar-refractivity contribution is -0.118. The van der Waals surface area contributed by atoms with E-state index in [1.165, 1.54) is 18.2 Å². The van der Waals surface area contributed by atoms with Crippen molar-refractivity contribution < 1.29 is 20.0 Å². The van der Waals surface area contributed by atoms with Gasteiger partial charge in [-0.05, 0) is 30.4 Å². The number of pyridine rings is 1. The zero-order valence-corrected chi connectivity index (χ0v) is 16.6. The highest BCUT2D eigenvalue weighted by Crippen LogP contribution is 2.30. The van der Waals surface area contributed by atoms with Gasteiger partial charge in [-0.3, -0.25) is 19.6 Å². The van der Waals surface area contributed by atoms with E-state index in [9.17, 15) is 24.8 Å². The van der Waals surface area contributed by atoms with Gasteiger partial charge in [-0.2, -0.15) is 0 Å². The molecule has 0 radical (unpaired) electrons. The first kappa shape index (κ1) is 20.6. The van der Waals surface area contributed by atoms with Crippen LogP contribution in [0.2, 0.25) is 0 Å². The van der Waals surface area contributed by atoms with E-state index in [2.05, 4.69) is 17.2 Å². The lowest BCUT2D eigenvalue weighted by Crippen LogP contribution is -2.28. The average molecular weight is 430 g/mol. The molecule has 0 spiro atoms. The molecule has 9 heteroatoms. The van der Waals surface area contributed by atoms with Crippen molar-refractivity contribution in [1.29, 1.82) is 0 Å². The predicted octanol–water partition coefficient (Wildman–Crippen LogP) is 3.09. The predicted molar refractivity (Wildman–Crippen MR) is 118 cm³/mol. The molecule has 2 aromatic carbocycles. The highest BCUT2D eigenvalue weighted by Gasteiger charge is 2.20. The van der Waals surface area contributed by atoms with Crippen molar-refractivity contribution in [1.82, 2.24) is 9.79 Å². The number of hydroxylamine groups is 2. The van der Waals surface area contributed by atoms with E-state index in [-0.39, 0.29) is 21.8 Å². The van der Waals surface area contributed by atoms with Crippen molar-refractivity contribution in [2.24, 2.45) is 0 Å². The Morgan fingerprint density at radius 2 is 1.44 bits per heavy atom. The number of allylic oxidation sites excluding steroid dienone is 3. The number of fused-ring (bicyclic) bond motifs is 1. The Kier molecular flexibility index (Phi) is 5.32. The molecule has 1 aliphatic heterocycles. The van der Waals surface area contributed by atoms with Gasteiger partial charge in [0.05, 0.1) is 5.70 Å². The lowest BCUT2D eigenvalue weighted by Gasteiger charge is -2.22. The van der Waals surface area contributed by atoms with E-state index in [4.69, 9.17) is 0 Å². The van der Waals surface area contributed by atoms with Gasteiger partial charge in [0, 0.05) is 28.2 Å². The first-order chi connectivity index (χ1) is 15.4. The van der Waals surface area contributed by atoms with E-state index in [1.54, 1.807) is 48.6 Å². The van der Waals surface area contributed by atoms with Crippen LogP contribution in [0.1, 0.15) is 10.5 Å². The molecule has 0 saturated carbocycles. The van der Waals surface area contributed by atoms with Crippen LogP contribution in [0.4, 0.5) is 11.4 Å². The number of nitrogens with one attached hydrogen (secondary N) is 2. The number of carbonyl (C=O) groups is 2. The Hall–Kier alpha value is -4.63. The fraction of sp³-hybridized carbons (Fsp3) is 0. The summed E-state index contributed by atoms with van der Waals surface area (Å²) >= 11 is 0. The lowest BCUT2D eigenvalue weighted by atomic mass is 10.1. The Balaban J connectivity index is 1.65. The SMILES string of the molecule is C=C1C=CC=C(C(=O)Nc2cccc3c(NC(=O)c4cccc(=O)n4O)cccc23)N1O. The summed E-state index contributed by atoms with van der Waals surface area (Å²) < 4.78 is 0.271. The van der Waals surface area contributed by atoms with Crippen LogP contribution in [0.25, 0.3) is 10.8 Å². The molecule has 2 amide bonds. The molecule has 0 saturated heterocycles. The molecule has 1 aromatic heterocycles. The second-order valence-electron chi connectivity index (χ2n) is 6.89. The second-order valence-corrected chi connectivity index (χ2v) is 6.89. The third-order valence-corrected chi connectivity index (χ3v) is 4.86. The van der Waals surface area contributed by atoms with Crippen LogP contribution in [0.15, 0.2) is 95.6 Å². The molecule has 1 aliphatic rings. The van der Waals surface area contributed by atoms with E-state index < -0.39 is 17.4 Å². The van der Waals surface area contributed by atoms with Gasteiger partial charge in [0.15, 0.2) is 0 Å². The molecule has 32 heavy (non-hydrogen) atoms.